The molecule has 0 spiro atoms. The SMILES string of the molecule is COC(=O)C12CCC3(C(=O)OC4OC(COC(C)=O)C(OC(C)=O)C(OC(C)=O)C4OC(C)=O)CCC(C)C(C)C3C1=CCC1C3(C)CCC(OC4OC(COC(C)=O)C(OC(C)=O)C(OC(C)=O)C4OC(C)=O)C(C)(C)C3CCC12C. The van der Waals surface area contributed by atoms with Crippen LogP contribution in [0.15, 0.2) is 11.6 Å². The molecule has 2 heterocycles. The van der Waals surface area contributed by atoms with Gasteiger partial charge in [-0.25, -0.2) is 0 Å². The van der Waals surface area contributed by atoms with E-state index in [0.717, 1.165) is 47.1 Å². The lowest BCUT2D eigenvalue weighted by Crippen LogP contribution is -2.69. The molecule has 82 heavy (non-hydrogen) atoms. The zero-order valence-electron chi connectivity index (χ0n) is 50.0. The van der Waals surface area contributed by atoms with Gasteiger partial charge in [0.15, 0.2) is 36.8 Å². The van der Waals surface area contributed by atoms with Crippen molar-refractivity contribution in [3.8, 4) is 0 Å². The Bertz CT molecular complexity index is 2540. The zero-order valence-corrected chi connectivity index (χ0v) is 50.0. The molecule has 0 N–H and O–H groups in total. The number of carbonyl (C=O) groups is 10. The molecule has 2 saturated heterocycles. The van der Waals surface area contributed by atoms with Crippen LogP contribution in [0, 0.1) is 56.7 Å². The van der Waals surface area contributed by atoms with Gasteiger partial charge in [-0.2, -0.15) is 0 Å². The summed E-state index contributed by atoms with van der Waals surface area (Å²) in [6.07, 6.45) is -8.74. The number of fused-ring (bicyclic) bond motifs is 7. The van der Waals surface area contributed by atoms with Crippen molar-refractivity contribution in [2.24, 2.45) is 56.7 Å². The molecule has 4 saturated carbocycles. The molecular formula is C59H84O23. The Kier molecular flexibility index (Phi) is 19.1. The van der Waals surface area contributed by atoms with Gasteiger partial charge in [0.2, 0.25) is 12.4 Å². The summed E-state index contributed by atoms with van der Waals surface area (Å²) in [6.45, 7) is 21.1. The smallest absolute Gasteiger partial charge is 0.316 e. The van der Waals surface area contributed by atoms with Crippen LogP contribution in [0.4, 0.5) is 0 Å². The van der Waals surface area contributed by atoms with Crippen LogP contribution in [0.2, 0.25) is 0 Å². The van der Waals surface area contributed by atoms with E-state index in [0.29, 0.717) is 44.9 Å². The van der Waals surface area contributed by atoms with Gasteiger partial charge in [-0.3, -0.25) is 47.9 Å². The summed E-state index contributed by atoms with van der Waals surface area (Å²) in [5.41, 5.74) is -3.46. The van der Waals surface area contributed by atoms with Gasteiger partial charge < -0.3 is 61.6 Å². The standard InChI is InChI=1S/C59H84O23/c1-28-18-23-58(53(68)82-52-50(78-37(10)67)48(76-35(8)65)46(74-33(6)63)40(80-52)27-72-31(4)61)24-25-59(54(69)70-15)38(44(58)29(28)2)16-17-42-56(13)21-20-43(55(11,12)41(56)19-22-57(42,59)14)81-51-49(77-36(9)66)47(75-34(7)64)45(73-32(5)62)39(79-51)26-71-30(3)60/h16,28-29,39-52H,17-27H2,1-15H3. The highest BCUT2D eigenvalue weighted by atomic mass is 16.8. The fourth-order valence-electron chi connectivity index (χ4n) is 16.3. The minimum atomic E-state index is -1.75. The third-order valence-electron chi connectivity index (χ3n) is 19.7. The van der Waals surface area contributed by atoms with E-state index in [2.05, 4.69) is 47.6 Å². The molecule has 2 aliphatic heterocycles. The Hall–Kier alpha value is -5.68. The van der Waals surface area contributed by atoms with Crippen molar-refractivity contribution in [3.63, 3.8) is 0 Å². The van der Waals surface area contributed by atoms with Gasteiger partial charge in [0.25, 0.3) is 0 Å². The average molecular weight is 1160 g/mol. The summed E-state index contributed by atoms with van der Waals surface area (Å²) >= 11 is 0. The van der Waals surface area contributed by atoms with Crippen molar-refractivity contribution in [1.29, 1.82) is 0 Å². The summed E-state index contributed by atoms with van der Waals surface area (Å²) < 4.78 is 76.7. The van der Waals surface area contributed by atoms with Crippen molar-refractivity contribution in [2.45, 2.75) is 222 Å². The number of carbonyl (C=O) groups excluding carboxylic acids is 10. The number of methoxy groups -OCH3 is 1. The Morgan fingerprint density at radius 1 is 0.512 bits per heavy atom. The van der Waals surface area contributed by atoms with Crippen molar-refractivity contribution >= 4 is 59.7 Å². The molecule has 20 unspecified atom stereocenters. The predicted molar refractivity (Wildman–Crippen MR) is 280 cm³/mol. The molecule has 20 atom stereocenters. The highest BCUT2D eigenvalue weighted by Gasteiger charge is 2.74. The molecule has 0 radical (unpaired) electrons. The number of allylic oxidation sites excluding steroid dienone is 1. The van der Waals surface area contributed by atoms with Crippen molar-refractivity contribution in [1.82, 2.24) is 0 Å². The maximum Gasteiger partial charge on any atom is 0.316 e. The Morgan fingerprint density at radius 2 is 0.988 bits per heavy atom. The molecule has 0 aromatic rings. The Labute approximate surface area is 478 Å². The number of ether oxygens (including phenoxy) is 13. The lowest BCUT2D eigenvalue weighted by atomic mass is 9.33. The van der Waals surface area contributed by atoms with E-state index in [4.69, 9.17) is 61.6 Å². The number of hydrogen-bond acceptors (Lipinski definition) is 23. The van der Waals surface area contributed by atoms with E-state index in [1.807, 2.05) is 0 Å². The molecule has 458 valence electrons. The molecular weight excluding hydrogens is 1080 g/mol. The second kappa shape index (κ2) is 24.5. The minimum absolute atomic E-state index is 0.0417. The predicted octanol–water partition coefficient (Wildman–Crippen LogP) is 5.89. The second-order valence-electron chi connectivity index (χ2n) is 24.9. The lowest BCUT2D eigenvalue weighted by Gasteiger charge is -2.71. The van der Waals surface area contributed by atoms with Gasteiger partial charge in [0, 0.05) is 55.4 Å². The summed E-state index contributed by atoms with van der Waals surface area (Å²) in [5.74, 6) is -8.04. The van der Waals surface area contributed by atoms with Crippen LogP contribution in [-0.4, -0.2) is 148 Å². The van der Waals surface area contributed by atoms with Gasteiger partial charge in [-0.05, 0) is 104 Å². The quantitative estimate of drug-likeness (QED) is 0.0799. The first-order valence-corrected chi connectivity index (χ1v) is 28.6. The van der Waals surface area contributed by atoms with Crippen LogP contribution in [0.5, 0.6) is 0 Å². The van der Waals surface area contributed by atoms with Crippen LogP contribution in [0.1, 0.15) is 155 Å². The largest absolute Gasteiger partial charge is 0.468 e. The normalized spacial score (nSPS) is 39.9. The Balaban J connectivity index is 1.24. The van der Waals surface area contributed by atoms with Gasteiger partial charge in [0.1, 0.15) is 25.4 Å². The topological polar surface area (TPSA) is 291 Å². The molecule has 0 aromatic carbocycles. The first-order valence-electron chi connectivity index (χ1n) is 28.6. The Morgan fingerprint density at radius 3 is 1.48 bits per heavy atom. The van der Waals surface area contributed by atoms with Crippen molar-refractivity contribution < 1.29 is 110 Å². The fraction of sp³-hybridized carbons (Fsp3) is 0.797. The van der Waals surface area contributed by atoms with Gasteiger partial charge >= 0.3 is 59.7 Å². The lowest BCUT2D eigenvalue weighted by molar-refractivity contribution is -0.333. The van der Waals surface area contributed by atoms with E-state index in [1.165, 1.54) is 21.0 Å². The van der Waals surface area contributed by atoms with Gasteiger partial charge in [-0.1, -0.05) is 53.2 Å². The van der Waals surface area contributed by atoms with Crippen LogP contribution in [-0.2, 0) is 110 Å². The minimum Gasteiger partial charge on any atom is -0.468 e. The van der Waals surface area contributed by atoms with Crippen LogP contribution in [0.25, 0.3) is 0 Å². The maximum atomic E-state index is 15.6. The van der Waals surface area contributed by atoms with E-state index < -0.39 is 173 Å². The molecule has 0 bridgehead atoms. The maximum absolute atomic E-state index is 15.6. The number of esters is 10. The van der Waals surface area contributed by atoms with E-state index in [1.54, 1.807) is 0 Å². The van der Waals surface area contributed by atoms with Crippen molar-refractivity contribution in [3.05, 3.63) is 11.6 Å². The first kappa shape index (κ1) is 63.9. The average Bonchev–Trinajstić information content (AvgIpc) is 1.63. The third-order valence-corrected chi connectivity index (χ3v) is 19.7. The molecule has 7 rings (SSSR count). The number of rotatable bonds is 15. The molecule has 6 fully saturated rings. The van der Waals surface area contributed by atoms with Crippen molar-refractivity contribution in [2.75, 3.05) is 20.3 Å². The zero-order chi connectivity index (χ0) is 60.8. The van der Waals surface area contributed by atoms with Gasteiger partial charge in [0.05, 0.1) is 24.0 Å². The van der Waals surface area contributed by atoms with E-state index in [9.17, 15) is 38.4 Å². The molecule has 7 aliphatic rings. The molecule has 23 heteroatoms. The third kappa shape index (κ3) is 11.9. The summed E-state index contributed by atoms with van der Waals surface area (Å²) in [6, 6.07) is 0. The molecule has 5 aliphatic carbocycles. The fourth-order valence-corrected chi connectivity index (χ4v) is 16.3. The highest BCUT2D eigenvalue weighted by molar-refractivity contribution is 5.86. The van der Waals surface area contributed by atoms with Crippen LogP contribution >= 0.6 is 0 Å². The van der Waals surface area contributed by atoms with E-state index >= 15 is 9.59 Å². The summed E-state index contributed by atoms with van der Waals surface area (Å²) in [7, 11) is 1.39. The monoisotopic (exact) mass is 1160 g/mol. The molecule has 23 nitrogen and oxygen atoms in total. The summed E-state index contributed by atoms with van der Waals surface area (Å²) in [5, 5.41) is 0. The second-order valence-corrected chi connectivity index (χ2v) is 24.9. The summed E-state index contributed by atoms with van der Waals surface area (Å²) in [4.78, 5) is 131. The first-order chi connectivity index (χ1) is 38.3. The van der Waals surface area contributed by atoms with Crippen LogP contribution < -0.4 is 0 Å². The molecule has 0 aromatic heterocycles. The van der Waals surface area contributed by atoms with Crippen LogP contribution in [0.3, 0.4) is 0 Å². The highest BCUT2D eigenvalue weighted by Crippen LogP contribution is 2.76. The van der Waals surface area contributed by atoms with Gasteiger partial charge in [-0.15, -0.1) is 0 Å². The number of hydrogen-bond donors (Lipinski definition) is 0. The van der Waals surface area contributed by atoms with E-state index in [-0.39, 0.29) is 36.5 Å². The molecule has 0 amide bonds.